The molecule has 4 heteroatoms. The Hall–Kier alpha value is -0.800. The molecule has 0 radical (unpaired) electrons. The Balaban J connectivity index is 0.000000963. The highest BCUT2D eigenvalue weighted by molar-refractivity contribution is 8.93. The first-order chi connectivity index (χ1) is 7.34. The molecule has 16 heavy (non-hydrogen) atoms. The van der Waals surface area contributed by atoms with E-state index in [1.807, 2.05) is 30.5 Å². The van der Waals surface area contributed by atoms with Gasteiger partial charge in [-0.25, -0.2) is 4.98 Å². The third kappa shape index (κ3) is 1.89. The molecule has 0 N–H and O–H groups in total. The quantitative estimate of drug-likeness (QED) is 0.784. The zero-order valence-corrected chi connectivity index (χ0v) is 11.2. The molecular formula is C12H12BrClN2. The Kier molecular flexibility index (Phi) is 3.36. The predicted molar refractivity (Wildman–Crippen MR) is 71.3 cm³/mol. The second kappa shape index (κ2) is 4.60. The molecule has 0 saturated carbocycles. The van der Waals surface area contributed by atoms with E-state index in [-0.39, 0.29) is 17.0 Å². The number of halogens is 2. The van der Waals surface area contributed by atoms with E-state index in [4.69, 9.17) is 11.6 Å². The van der Waals surface area contributed by atoms with Crippen molar-refractivity contribution in [1.29, 1.82) is 0 Å². The van der Waals surface area contributed by atoms with Gasteiger partial charge in [0.15, 0.2) is 0 Å². The van der Waals surface area contributed by atoms with Crippen LogP contribution >= 0.6 is 28.6 Å². The second-order valence-electron chi connectivity index (χ2n) is 3.82. The Morgan fingerprint density at radius 2 is 1.94 bits per heavy atom. The van der Waals surface area contributed by atoms with Gasteiger partial charge in [0.1, 0.15) is 5.82 Å². The third-order valence-corrected chi connectivity index (χ3v) is 3.11. The number of fused-ring (bicyclic) bond motifs is 1. The van der Waals surface area contributed by atoms with E-state index in [1.165, 1.54) is 23.5 Å². The summed E-state index contributed by atoms with van der Waals surface area (Å²) in [6.45, 7) is 1.09. The number of hydrogen-bond acceptors (Lipinski definition) is 1. The summed E-state index contributed by atoms with van der Waals surface area (Å²) in [6, 6.07) is 7.94. The highest BCUT2D eigenvalue weighted by Gasteiger charge is 2.15. The lowest BCUT2D eigenvalue weighted by Gasteiger charge is -2.04. The molecule has 2 nitrogen and oxygen atoms in total. The van der Waals surface area contributed by atoms with Gasteiger partial charge >= 0.3 is 0 Å². The van der Waals surface area contributed by atoms with Gasteiger partial charge in [-0.3, -0.25) is 0 Å². The monoisotopic (exact) mass is 298 g/mol. The van der Waals surface area contributed by atoms with Crippen LogP contribution in [-0.2, 0) is 13.0 Å². The van der Waals surface area contributed by atoms with Gasteiger partial charge in [-0.1, -0.05) is 23.7 Å². The molecular weight excluding hydrogens is 288 g/mol. The molecule has 1 aromatic carbocycles. The Morgan fingerprint density at radius 1 is 1.19 bits per heavy atom. The molecule has 1 aliphatic heterocycles. The molecule has 0 spiro atoms. The summed E-state index contributed by atoms with van der Waals surface area (Å²) in [7, 11) is 0. The first kappa shape index (κ1) is 11.7. The fourth-order valence-corrected chi connectivity index (χ4v) is 2.24. The van der Waals surface area contributed by atoms with Crippen molar-refractivity contribution in [2.45, 2.75) is 19.4 Å². The molecule has 3 rings (SSSR count). The lowest BCUT2D eigenvalue weighted by Crippen LogP contribution is -1.94. The molecule has 84 valence electrons. The zero-order chi connectivity index (χ0) is 10.3. The molecule has 0 bridgehead atoms. The Morgan fingerprint density at radius 3 is 2.69 bits per heavy atom. The maximum Gasteiger partial charge on any atom is 0.109 e. The SMILES string of the molecule is Br.Clc1ccc(-c2cnc3n2CCC3)cc1. The van der Waals surface area contributed by atoms with Gasteiger partial charge in [0.25, 0.3) is 0 Å². The topological polar surface area (TPSA) is 17.8 Å². The first-order valence-electron chi connectivity index (χ1n) is 5.15. The van der Waals surface area contributed by atoms with Crippen LogP contribution in [0.3, 0.4) is 0 Å². The lowest BCUT2D eigenvalue weighted by atomic mass is 10.2. The summed E-state index contributed by atoms with van der Waals surface area (Å²) in [4.78, 5) is 4.43. The van der Waals surface area contributed by atoms with E-state index in [9.17, 15) is 0 Å². The minimum atomic E-state index is 0. The number of aryl methyl sites for hydroxylation is 1. The first-order valence-corrected chi connectivity index (χ1v) is 5.53. The van der Waals surface area contributed by atoms with Gasteiger partial charge < -0.3 is 4.57 Å². The molecule has 0 amide bonds. The van der Waals surface area contributed by atoms with E-state index >= 15 is 0 Å². The van der Waals surface area contributed by atoms with Crippen molar-refractivity contribution in [3.63, 3.8) is 0 Å². The smallest absolute Gasteiger partial charge is 0.109 e. The van der Waals surface area contributed by atoms with E-state index in [0.717, 1.165) is 18.0 Å². The summed E-state index contributed by atoms with van der Waals surface area (Å²) in [5.41, 5.74) is 2.40. The van der Waals surface area contributed by atoms with Crippen LogP contribution in [0.4, 0.5) is 0 Å². The molecule has 0 fully saturated rings. The van der Waals surface area contributed by atoms with Crippen LogP contribution in [0.5, 0.6) is 0 Å². The van der Waals surface area contributed by atoms with Crippen LogP contribution < -0.4 is 0 Å². The number of hydrogen-bond donors (Lipinski definition) is 0. The van der Waals surface area contributed by atoms with Gasteiger partial charge in [-0.05, 0) is 24.1 Å². The number of rotatable bonds is 1. The van der Waals surface area contributed by atoms with Crippen molar-refractivity contribution < 1.29 is 0 Å². The summed E-state index contributed by atoms with van der Waals surface area (Å²) in [6.07, 6.45) is 4.27. The number of imidazole rings is 1. The third-order valence-electron chi connectivity index (χ3n) is 2.86. The summed E-state index contributed by atoms with van der Waals surface area (Å²) in [5, 5.41) is 0.778. The van der Waals surface area contributed by atoms with Crippen LogP contribution in [0, 0.1) is 0 Å². The highest BCUT2D eigenvalue weighted by Crippen LogP contribution is 2.26. The molecule has 0 atom stereocenters. The molecule has 2 aromatic rings. The van der Waals surface area contributed by atoms with Crippen LogP contribution in [-0.4, -0.2) is 9.55 Å². The van der Waals surface area contributed by atoms with Crippen LogP contribution in [0.1, 0.15) is 12.2 Å². The maximum atomic E-state index is 5.87. The van der Waals surface area contributed by atoms with Gasteiger partial charge in [-0.15, -0.1) is 17.0 Å². The van der Waals surface area contributed by atoms with Crippen LogP contribution in [0.25, 0.3) is 11.3 Å². The van der Waals surface area contributed by atoms with E-state index < -0.39 is 0 Å². The Bertz CT molecular complexity index is 490. The van der Waals surface area contributed by atoms with Gasteiger partial charge in [0.05, 0.1) is 11.9 Å². The number of aromatic nitrogens is 2. The van der Waals surface area contributed by atoms with Crippen molar-refractivity contribution in [2.24, 2.45) is 0 Å². The van der Waals surface area contributed by atoms with Crippen molar-refractivity contribution >= 4 is 28.6 Å². The molecule has 0 aliphatic carbocycles. The van der Waals surface area contributed by atoms with E-state index in [1.54, 1.807) is 0 Å². The summed E-state index contributed by atoms with van der Waals surface area (Å²) >= 11 is 5.87. The molecule has 0 saturated heterocycles. The van der Waals surface area contributed by atoms with Gasteiger partial charge in [0.2, 0.25) is 0 Å². The van der Waals surface area contributed by atoms with Gasteiger partial charge in [-0.2, -0.15) is 0 Å². The number of benzene rings is 1. The minimum Gasteiger partial charge on any atom is -0.328 e. The minimum absolute atomic E-state index is 0. The van der Waals surface area contributed by atoms with Crippen LogP contribution in [0.15, 0.2) is 30.5 Å². The number of nitrogens with zero attached hydrogens (tertiary/aromatic N) is 2. The normalized spacial score (nSPS) is 13.3. The fraction of sp³-hybridized carbons (Fsp3) is 0.250. The molecule has 1 aliphatic rings. The van der Waals surface area contributed by atoms with Crippen molar-refractivity contribution in [2.75, 3.05) is 0 Å². The lowest BCUT2D eigenvalue weighted by molar-refractivity contribution is 0.756. The maximum absolute atomic E-state index is 5.87. The molecule has 0 unspecified atom stereocenters. The zero-order valence-electron chi connectivity index (χ0n) is 8.69. The molecule has 2 heterocycles. The van der Waals surface area contributed by atoms with Crippen LogP contribution in [0.2, 0.25) is 5.02 Å². The van der Waals surface area contributed by atoms with E-state index in [0.29, 0.717) is 0 Å². The average molecular weight is 300 g/mol. The standard InChI is InChI=1S/C12H11ClN2.BrH/c13-10-5-3-9(4-6-10)11-8-14-12-2-1-7-15(11)12;/h3-6,8H,1-2,7H2;1H. The Labute approximate surface area is 110 Å². The van der Waals surface area contributed by atoms with Crippen molar-refractivity contribution in [3.8, 4) is 11.3 Å². The highest BCUT2D eigenvalue weighted by atomic mass is 79.9. The largest absolute Gasteiger partial charge is 0.328 e. The summed E-state index contributed by atoms with van der Waals surface area (Å²) in [5.74, 6) is 1.21. The predicted octanol–water partition coefficient (Wildman–Crippen LogP) is 3.73. The average Bonchev–Trinajstić information content (AvgIpc) is 2.80. The van der Waals surface area contributed by atoms with Crippen molar-refractivity contribution in [3.05, 3.63) is 41.3 Å². The van der Waals surface area contributed by atoms with Crippen molar-refractivity contribution in [1.82, 2.24) is 9.55 Å². The van der Waals surface area contributed by atoms with Gasteiger partial charge in [0, 0.05) is 18.0 Å². The molecule has 1 aromatic heterocycles. The second-order valence-corrected chi connectivity index (χ2v) is 4.26. The van der Waals surface area contributed by atoms with E-state index in [2.05, 4.69) is 9.55 Å². The summed E-state index contributed by atoms with van der Waals surface area (Å²) < 4.78 is 2.29. The fourth-order valence-electron chi connectivity index (χ4n) is 2.11.